The van der Waals surface area contributed by atoms with Crippen LogP contribution in [0.2, 0.25) is 0 Å². The Labute approximate surface area is 67.6 Å². The number of aromatic amines is 1. The van der Waals surface area contributed by atoms with Crippen molar-refractivity contribution in [2.24, 2.45) is 0 Å². The molecule has 1 aromatic rings. The van der Waals surface area contributed by atoms with Crippen LogP contribution in [0.15, 0.2) is 17.3 Å². The molecular formula is C5H4ClNO3S. The number of H-pyrrole nitrogens is 1. The minimum Gasteiger partial charge on any atom is -0.351 e. The van der Waals surface area contributed by atoms with E-state index in [0.717, 1.165) is 6.07 Å². The Morgan fingerprint density at radius 2 is 2.18 bits per heavy atom. The van der Waals surface area contributed by atoms with Gasteiger partial charge in [-0.15, -0.1) is 0 Å². The maximum atomic E-state index is 10.6. The fourth-order valence-electron chi connectivity index (χ4n) is 0.598. The predicted octanol–water partition coefficient (Wildman–Crippen LogP) is 0.755. The van der Waals surface area contributed by atoms with Gasteiger partial charge in [0, 0.05) is 22.4 Å². The molecule has 0 fully saturated rings. The first-order valence-corrected chi connectivity index (χ1v) is 4.93. The van der Waals surface area contributed by atoms with Gasteiger partial charge in [-0.25, -0.2) is 8.42 Å². The van der Waals surface area contributed by atoms with Crippen LogP contribution in [-0.4, -0.2) is 19.7 Å². The lowest BCUT2D eigenvalue weighted by molar-refractivity contribution is 0.112. The molecule has 60 valence electrons. The second-order valence-corrected chi connectivity index (χ2v) is 4.39. The summed E-state index contributed by atoms with van der Waals surface area (Å²) in [6.07, 6.45) is 1.80. The Morgan fingerprint density at radius 3 is 2.45 bits per heavy atom. The number of aromatic nitrogens is 1. The van der Waals surface area contributed by atoms with E-state index in [4.69, 9.17) is 10.7 Å². The molecule has 1 N–H and O–H groups in total. The van der Waals surface area contributed by atoms with E-state index >= 15 is 0 Å². The topological polar surface area (TPSA) is 67.0 Å². The first kappa shape index (κ1) is 8.29. The molecule has 11 heavy (non-hydrogen) atoms. The molecule has 0 atom stereocenters. The molecule has 0 aliphatic heterocycles. The zero-order valence-corrected chi connectivity index (χ0v) is 6.82. The van der Waals surface area contributed by atoms with E-state index in [1.54, 1.807) is 0 Å². The number of carbonyl (C=O) groups excluding carboxylic acids is 1. The summed E-state index contributed by atoms with van der Waals surface area (Å²) in [7, 11) is 1.22. The Hall–Kier alpha value is -0.810. The second-order valence-electron chi connectivity index (χ2n) is 1.85. The van der Waals surface area contributed by atoms with Gasteiger partial charge in [0.15, 0.2) is 6.29 Å². The zero-order chi connectivity index (χ0) is 8.48. The summed E-state index contributed by atoms with van der Waals surface area (Å²) in [6.45, 7) is 0. The van der Waals surface area contributed by atoms with Gasteiger partial charge in [0.2, 0.25) is 0 Å². The van der Waals surface area contributed by atoms with Gasteiger partial charge in [0.1, 0.15) is 5.03 Å². The van der Waals surface area contributed by atoms with E-state index < -0.39 is 9.05 Å². The number of halogens is 1. The smallest absolute Gasteiger partial charge is 0.276 e. The van der Waals surface area contributed by atoms with Crippen LogP contribution in [0, 0.1) is 0 Å². The highest BCUT2D eigenvalue weighted by atomic mass is 35.7. The van der Waals surface area contributed by atoms with Gasteiger partial charge >= 0.3 is 0 Å². The lowest BCUT2D eigenvalue weighted by Crippen LogP contribution is -1.88. The van der Waals surface area contributed by atoms with Gasteiger partial charge < -0.3 is 4.98 Å². The number of hydrogen-bond donors (Lipinski definition) is 1. The summed E-state index contributed by atoms with van der Waals surface area (Å²) in [6, 6.07) is 1.16. The maximum Gasteiger partial charge on any atom is 0.276 e. The fourth-order valence-corrected chi connectivity index (χ4v) is 1.34. The molecule has 0 aliphatic rings. The van der Waals surface area contributed by atoms with Crippen LogP contribution in [0.5, 0.6) is 0 Å². The largest absolute Gasteiger partial charge is 0.351 e. The summed E-state index contributed by atoms with van der Waals surface area (Å²) >= 11 is 0. The van der Waals surface area contributed by atoms with Crippen molar-refractivity contribution in [3.63, 3.8) is 0 Å². The van der Waals surface area contributed by atoms with Gasteiger partial charge in [0.05, 0.1) is 0 Å². The third-order valence-corrected chi connectivity index (χ3v) is 2.34. The van der Waals surface area contributed by atoms with Crippen LogP contribution in [0.4, 0.5) is 0 Å². The third kappa shape index (κ3) is 1.81. The van der Waals surface area contributed by atoms with Crippen molar-refractivity contribution in [2.45, 2.75) is 5.03 Å². The van der Waals surface area contributed by atoms with Gasteiger partial charge in [-0.05, 0) is 6.07 Å². The summed E-state index contributed by atoms with van der Waals surface area (Å²) in [4.78, 5) is 12.4. The molecule has 6 heteroatoms. The SMILES string of the molecule is O=Cc1c[nH]c(S(=O)(=O)Cl)c1. The van der Waals surface area contributed by atoms with E-state index in [9.17, 15) is 13.2 Å². The Kier molecular flexibility index (Phi) is 2.01. The van der Waals surface area contributed by atoms with Crippen LogP contribution in [0.1, 0.15) is 10.4 Å². The van der Waals surface area contributed by atoms with Crippen LogP contribution in [0.3, 0.4) is 0 Å². The first-order chi connectivity index (χ1) is 5.04. The molecule has 0 amide bonds. The Morgan fingerprint density at radius 1 is 1.55 bits per heavy atom. The van der Waals surface area contributed by atoms with Crippen molar-refractivity contribution in [3.8, 4) is 0 Å². The van der Waals surface area contributed by atoms with Gasteiger partial charge in [-0.2, -0.15) is 0 Å². The molecule has 1 aromatic heterocycles. The van der Waals surface area contributed by atoms with E-state index in [-0.39, 0.29) is 10.6 Å². The Balaban J connectivity index is 3.18. The number of rotatable bonds is 2. The molecule has 0 saturated carbocycles. The first-order valence-electron chi connectivity index (χ1n) is 2.62. The highest BCUT2D eigenvalue weighted by Gasteiger charge is 2.11. The lowest BCUT2D eigenvalue weighted by atomic mass is 10.4. The number of aldehydes is 1. The normalized spacial score (nSPS) is 11.4. The molecule has 4 nitrogen and oxygen atoms in total. The highest BCUT2D eigenvalue weighted by molar-refractivity contribution is 8.13. The van der Waals surface area contributed by atoms with Crippen LogP contribution >= 0.6 is 10.7 Å². The summed E-state index contributed by atoms with van der Waals surface area (Å²) < 4.78 is 21.2. The molecule has 1 rings (SSSR count). The van der Waals surface area contributed by atoms with Crippen molar-refractivity contribution < 1.29 is 13.2 Å². The maximum absolute atomic E-state index is 10.6. The Bertz CT molecular complexity index is 367. The average Bonchev–Trinajstić information content (AvgIpc) is 2.32. The number of hydrogen-bond acceptors (Lipinski definition) is 3. The van der Waals surface area contributed by atoms with Gasteiger partial charge in [-0.3, -0.25) is 4.79 Å². The molecular weight excluding hydrogens is 190 g/mol. The lowest BCUT2D eigenvalue weighted by Gasteiger charge is -1.85. The fraction of sp³-hybridized carbons (Fsp3) is 0. The van der Waals surface area contributed by atoms with Crippen molar-refractivity contribution in [3.05, 3.63) is 17.8 Å². The minimum atomic E-state index is -3.73. The quantitative estimate of drug-likeness (QED) is 0.557. The van der Waals surface area contributed by atoms with Crippen LogP contribution in [-0.2, 0) is 9.05 Å². The molecule has 0 bridgehead atoms. The van der Waals surface area contributed by atoms with Crippen molar-refractivity contribution >= 4 is 26.0 Å². The highest BCUT2D eigenvalue weighted by Crippen LogP contribution is 2.12. The molecule has 0 aliphatic carbocycles. The average molecular weight is 194 g/mol. The third-order valence-electron chi connectivity index (χ3n) is 1.08. The van der Waals surface area contributed by atoms with Crippen molar-refractivity contribution in [1.82, 2.24) is 4.98 Å². The summed E-state index contributed by atoms with van der Waals surface area (Å²) in [5.41, 5.74) is 0.254. The van der Waals surface area contributed by atoms with E-state index in [1.165, 1.54) is 6.20 Å². The molecule has 0 unspecified atom stereocenters. The summed E-state index contributed by atoms with van der Waals surface area (Å²) in [5, 5.41) is -0.165. The van der Waals surface area contributed by atoms with E-state index in [2.05, 4.69) is 4.98 Å². The molecule has 0 radical (unpaired) electrons. The van der Waals surface area contributed by atoms with E-state index in [1.807, 2.05) is 0 Å². The minimum absolute atomic E-state index is 0.165. The number of nitrogens with one attached hydrogen (secondary N) is 1. The molecule has 0 aromatic carbocycles. The van der Waals surface area contributed by atoms with Crippen LogP contribution in [0.25, 0.3) is 0 Å². The van der Waals surface area contributed by atoms with Gasteiger partial charge in [0.25, 0.3) is 9.05 Å². The van der Waals surface area contributed by atoms with E-state index in [0.29, 0.717) is 6.29 Å². The summed E-state index contributed by atoms with van der Waals surface area (Å²) in [5.74, 6) is 0. The zero-order valence-electron chi connectivity index (χ0n) is 5.24. The molecule has 0 spiro atoms. The molecule has 1 heterocycles. The second kappa shape index (κ2) is 2.67. The number of carbonyl (C=O) groups is 1. The predicted molar refractivity (Wildman–Crippen MR) is 39.2 cm³/mol. The monoisotopic (exact) mass is 193 g/mol. The molecule has 0 saturated heterocycles. The van der Waals surface area contributed by atoms with Crippen molar-refractivity contribution in [1.29, 1.82) is 0 Å². The van der Waals surface area contributed by atoms with Crippen LogP contribution < -0.4 is 0 Å². The van der Waals surface area contributed by atoms with Gasteiger partial charge in [-0.1, -0.05) is 0 Å². The van der Waals surface area contributed by atoms with Crippen molar-refractivity contribution in [2.75, 3.05) is 0 Å². The standard InChI is InChI=1S/C5H4ClNO3S/c6-11(9,10)5-1-4(3-8)2-7-5/h1-3,7H.